The second-order valence-electron chi connectivity index (χ2n) is 4.15. The van der Waals surface area contributed by atoms with Crippen LogP contribution >= 0.6 is 12.4 Å². The Kier molecular flexibility index (Phi) is 5.03. The smallest absolute Gasteiger partial charge is 0.279 e. The van der Waals surface area contributed by atoms with Crippen LogP contribution in [0.2, 0.25) is 0 Å². The topological polar surface area (TPSA) is 75.2 Å². The van der Waals surface area contributed by atoms with E-state index in [4.69, 9.17) is 0 Å². The quantitative estimate of drug-likeness (QED) is 0.788. The van der Waals surface area contributed by atoms with Gasteiger partial charge in [0.05, 0.1) is 0 Å². The van der Waals surface area contributed by atoms with E-state index in [0.717, 1.165) is 0 Å². The van der Waals surface area contributed by atoms with Gasteiger partial charge >= 0.3 is 0 Å². The summed E-state index contributed by atoms with van der Waals surface area (Å²) >= 11 is 0. The third kappa shape index (κ3) is 2.97. The summed E-state index contributed by atoms with van der Waals surface area (Å²) in [5, 5.41) is 3.05. The molecule has 1 aromatic rings. The summed E-state index contributed by atoms with van der Waals surface area (Å²) in [5.74, 6) is 0. The Morgan fingerprint density at radius 2 is 2.22 bits per heavy atom. The van der Waals surface area contributed by atoms with Crippen molar-refractivity contribution in [3.8, 4) is 0 Å². The van der Waals surface area contributed by atoms with E-state index in [-0.39, 0.29) is 23.6 Å². The molecule has 0 amide bonds. The van der Waals surface area contributed by atoms with Crippen LogP contribution < -0.4 is 5.32 Å². The van der Waals surface area contributed by atoms with Crippen LogP contribution in [-0.2, 0) is 10.0 Å². The van der Waals surface area contributed by atoms with Crippen molar-refractivity contribution in [2.24, 2.45) is 0 Å². The van der Waals surface area contributed by atoms with Gasteiger partial charge in [0.1, 0.15) is 0 Å². The number of rotatable bonds is 2. The van der Waals surface area contributed by atoms with Crippen LogP contribution in [0.1, 0.15) is 12.6 Å². The summed E-state index contributed by atoms with van der Waals surface area (Å²) in [5.41, 5.74) is 0.654. The zero-order valence-corrected chi connectivity index (χ0v) is 12.0. The molecule has 8 heteroatoms. The fourth-order valence-electron chi connectivity index (χ4n) is 1.83. The molecule has 6 nitrogen and oxygen atoms in total. The molecule has 1 aliphatic heterocycles. The van der Waals surface area contributed by atoms with E-state index >= 15 is 0 Å². The van der Waals surface area contributed by atoms with Crippen LogP contribution in [0.3, 0.4) is 0 Å². The number of hydrogen-bond donors (Lipinski definition) is 1. The Morgan fingerprint density at radius 3 is 2.83 bits per heavy atom. The lowest BCUT2D eigenvalue weighted by Crippen LogP contribution is -2.52. The average Bonchev–Trinajstić information content (AvgIpc) is 2.29. The first-order valence-electron chi connectivity index (χ1n) is 5.54. The Bertz CT molecular complexity index is 508. The Morgan fingerprint density at radius 1 is 1.50 bits per heavy atom. The summed E-state index contributed by atoms with van der Waals surface area (Å²) in [4.78, 5) is 7.85. The molecule has 2 heterocycles. The molecule has 1 atom stereocenters. The summed E-state index contributed by atoms with van der Waals surface area (Å²) in [6.45, 7) is 5.41. The first-order valence-corrected chi connectivity index (χ1v) is 6.98. The van der Waals surface area contributed by atoms with Gasteiger partial charge in [-0.2, -0.15) is 4.31 Å². The largest absolute Gasteiger partial charge is 0.314 e. The van der Waals surface area contributed by atoms with Crippen molar-refractivity contribution in [1.82, 2.24) is 19.6 Å². The van der Waals surface area contributed by atoms with Crippen LogP contribution in [0.4, 0.5) is 0 Å². The minimum absolute atomic E-state index is 0. The van der Waals surface area contributed by atoms with Crippen molar-refractivity contribution in [1.29, 1.82) is 0 Å². The van der Waals surface area contributed by atoms with Gasteiger partial charge in [0.2, 0.25) is 0 Å². The lowest BCUT2D eigenvalue weighted by molar-refractivity contribution is 0.282. The van der Waals surface area contributed by atoms with Crippen molar-refractivity contribution in [3.05, 3.63) is 18.0 Å². The number of nitrogens with zero attached hydrogens (tertiary/aromatic N) is 3. The normalized spacial score (nSPS) is 21.3. The van der Waals surface area contributed by atoms with Crippen LogP contribution in [0.25, 0.3) is 0 Å². The lowest BCUT2D eigenvalue weighted by Gasteiger charge is -2.32. The second-order valence-corrected chi connectivity index (χ2v) is 5.93. The van der Waals surface area contributed by atoms with Gasteiger partial charge in [-0.1, -0.05) is 0 Å². The fraction of sp³-hybridized carbons (Fsp3) is 0.600. The van der Waals surface area contributed by atoms with Gasteiger partial charge in [0, 0.05) is 37.6 Å². The molecular formula is C10H17ClN4O2S. The lowest BCUT2D eigenvalue weighted by atomic mass is 10.3. The minimum Gasteiger partial charge on any atom is -0.314 e. The molecule has 0 bridgehead atoms. The van der Waals surface area contributed by atoms with E-state index in [1.54, 1.807) is 13.0 Å². The standard InChI is InChI=1S/C10H16N4O2S.ClH/c1-8-3-4-12-10(13-8)17(15,16)14-6-5-11-7-9(14)2;/h3-4,9,11H,5-7H2,1-2H3;1H. The van der Waals surface area contributed by atoms with Gasteiger partial charge < -0.3 is 5.32 Å². The maximum absolute atomic E-state index is 12.3. The molecule has 1 unspecified atom stereocenters. The van der Waals surface area contributed by atoms with Crippen LogP contribution in [-0.4, -0.2) is 48.4 Å². The fourth-order valence-corrected chi connectivity index (χ4v) is 3.38. The number of piperazine rings is 1. The monoisotopic (exact) mass is 292 g/mol. The molecule has 0 aromatic carbocycles. The molecule has 1 aliphatic rings. The molecule has 0 radical (unpaired) electrons. The Balaban J connectivity index is 0.00000162. The molecule has 102 valence electrons. The summed E-state index contributed by atoms with van der Waals surface area (Å²) in [6, 6.07) is 1.61. The molecule has 0 spiro atoms. The molecule has 0 saturated carbocycles. The minimum atomic E-state index is -3.56. The predicted molar refractivity (Wildman–Crippen MR) is 70.2 cm³/mol. The number of hydrogen-bond acceptors (Lipinski definition) is 5. The van der Waals surface area contributed by atoms with E-state index in [9.17, 15) is 8.42 Å². The van der Waals surface area contributed by atoms with Crippen molar-refractivity contribution >= 4 is 22.4 Å². The van der Waals surface area contributed by atoms with E-state index in [1.807, 2.05) is 6.92 Å². The van der Waals surface area contributed by atoms with Crippen molar-refractivity contribution < 1.29 is 8.42 Å². The van der Waals surface area contributed by atoms with Gasteiger partial charge in [-0.15, -0.1) is 12.4 Å². The van der Waals surface area contributed by atoms with Gasteiger partial charge in [-0.05, 0) is 19.9 Å². The van der Waals surface area contributed by atoms with Crippen molar-refractivity contribution in [2.45, 2.75) is 25.0 Å². The van der Waals surface area contributed by atoms with Gasteiger partial charge in [0.15, 0.2) is 0 Å². The Labute approximate surface area is 113 Å². The number of halogens is 1. The van der Waals surface area contributed by atoms with Crippen molar-refractivity contribution in [2.75, 3.05) is 19.6 Å². The third-order valence-corrected chi connectivity index (χ3v) is 4.57. The molecule has 1 fully saturated rings. The number of sulfonamides is 1. The maximum Gasteiger partial charge on any atom is 0.279 e. The van der Waals surface area contributed by atoms with Crippen molar-refractivity contribution in [3.63, 3.8) is 0 Å². The highest BCUT2D eigenvalue weighted by molar-refractivity contribution is 7.89. The first-order chi connectivity index (χ1) is 8.01. The van der Waals surface area contributed by atoms with E-state index in [1.165, 1.54) is 10.5 Å². The molecular weight excluding hydrogens is 276 g/mol. The van der Waals surface area contributed by atoms with E-state index < -0.39 is 10.0 Å². The first kappa shape index (κ1) is 15.3. The summed E-state index contributed by atoms with van der Waals surface area (Å²) in [6.07, 6.45) is 1.47. The summed E-state index contributed by atoms with van der Waals surface area (Å²) < 4.78 is 26.1. The molecule has 2 rings (SSSR count). The van der Waals surface area contributed by atoms with Gasteiger partial charge in [-0.3, -0.25) is 0 Å². The van der Waals surface area contributed by atoms with Crippen LogP contribution in [0.5, 0.6) is 0 Å². The summed E-state index contributed by atoms with van der Waals surface area (Å²) in [7, 11) is -3.56. The second kappa shape index (κ2) is 5.92. The average molecular weight is 293 g/mol. The van der Waals surface area contributed by atoms with Crippen LogP contribution in [0.15, 0.2) is 17.4 Å². The zero-order chi connectivity index (χ0) is 12.5. The van der Waals surface area contributed by atoms with E-state index in [0.29, 0.717) is 25.3 Å². The molecule has 1 N–H and O–H groups in total. The van der Waals surface area contributed by atoms with Crippen LogP contribution in [0, 0.1) is 6.92 Å². The molecule has 18 heavy (non-hydrogen) atoms. The van der Waals surface area contributed by atoms with Gasteiger partial charge in [0.25, 0.3) is 15.2 Å². The maximum atomic E-state index is 12.3. The van der Waals surface area contributed by atoms with E-state index in [2.05, 4.69) is 15.3 Å². The highest BCUT2D eigenvalue weighted by atomic mass is 35.5. The number of aryl methyl sites for hydroxylation is 1. The predicted octanol–water partition coefficient (Wildman–Crippen LogP) is 0.189. The SMILES string of the molecule is Cc1ccnc(S(=O)(=O)N2CCNCC2C)n1.Cl. The molecule has 0 aliphatic carbocycles. The Hall–Kier alpha value is -0.760. The zero-order valence-electron chi connectivity index (χ0n) is 10.3. The highest BCUT2D eigenvalue weighted by Gasteiger charge is 2.32. The molecule has 1 saturated heterocycles. The number of nitrogens with one attached hydrogen (secondary N) is 1. The third-order valence-electron chi connectivity index (χ3n) is 2.75. The molecule has 1 aromatic heterocycles. The van der Waals surface area contributed by atoms with Gasteiger partial charge in [-0.25, -0.2) is 18.4 Å². The number of aromatic nitrogens is 2. The highest BCUT2D eigenvalue weighted by Crippen LogP contribution is 2.15.